The van der Waals surface area contributed by atoms with Crippen LogP contribution in [0.3, 0.4) is 0 Å². The Hall–Kier alpha value is -3.57. The number of carbonyl (C=O) groups excluding carboxylic acids is 2. The van der Waals surface area contributed by atoms with Crippen LogP contribution >= 0.6 is 11.3 Å². The van der Waals surface area contributed by atoms with Crippen molar-refractivity contribution in [3.8, 4) is 0 Å². The summed E-state index contributed by atoms with van der Waals surface area (Å²) in [6, 6.07) is 9.98. The average Bonchev–Trinajstić information content (AvgIpc) is 3.27. The van der Waals surface area contributed by atoms with Crippen LogP contribution < -0.4 is 5.32 Å². The Morgan fingerprint density at radius 1 is 1.18 bits per heavy atom. The number of rotatable bonds is 5. The first-order chi connectivity index (χ1) is 16.0. The summed E-state index contributed by atoms with van der Waals surface area (Å²) in [6.45, 7) is 2.83. The number of hydrogen-bond acceptors (Lipinski definition) is 7. The number of nitro groups is 1. The molecule has 2 amide bonds. The Kier molecular flexibility index (Phi) is 6.24. The van der Waals surface area contributed by atoms with Crippen LogP contribution in [0.2, 0.25) is 0 Å². The van der Waals surface area contributed by atoms with Gasteiger partial charge in [0.2, 0.25) is 0 Å². The predicted octanol–water partition coefficient (Wildman–Crippen LogP) is 3.82. The Morgan fingerprint density at radius 3 is 2.65 bits per heavy atom. The van der Waals surface area contributed by atoms with Gasteiger partial charge in [0.15, 0.2) is 9.84 Å². The van der Waals surface area contributed by atoms with Gasteiger partial charge in [0, 0.05) is 53.2 Å². The minimum atomic E-state index is -3.78. The van der Waals surface area contributed by atoms with E-state index >= 15 is 0 Å². The van der Waals surface area contributed by atoms with Crippen LogP contribution in [0, 0.1) is 17.0 Å². The molecule has 1 aliphatic heterocycles. The number of anilines is 1. The lowest BCUT2D eigenvalue weighted by molar-refractivity contribution is -0.385. The predicted molar refractivity (Wildman–Crippen MR) is 128 cm³/mol. The van der Waals surface area contributed by atoms with Gasteiger partial charge in [-0.25, -0.2) is 8.42 Å². The third-order valence-electron chi connectivity index (χ3n) is 5.70. The van der Waals surface area contributed by atoms with Gasteiger partial charge < -0.3 is 10.2 Å². The molecule has 3 aromatic rings. The molecule has 0 fully saturated rings. The summed E-state index contributed by atoms with van der Waals surface area (Å²) in [4.78, 5) is 39.3. The lowest BCUT2D eigenvalue weighted by Gasteiger charge is -2.28. The van der Waals surface area contributed by atoms with Gasteiger partial charge in [-0.2, -0.15) is 0 Å². The van der Waals surface area contributed by atoms with Crippen molar-refractivity contribution in [2.75, 3.05) is 18.1 Å². The van der Waals surface area contributed by atoms with E-state index in [0.717, 1.165) is 36.4 Å². The molecule has 0 spiro atoms. The molecule has 0 saturated heterocycles. The Balaban J connectivity index is 1.60. The maximum absolute atomic E-state index is 13.2. The van der Waals surface area contributed by atoms with Gasteiger partial charge in [0.25, 0.3) is 17.5 Å². The number of benzene rings is 2. The highest BCUT2D eigenvalue weighted by molar-refractivity contribution is 7.90. The van der Waals surface area contributed by atoms with E-state index in [1.807, 2.05) is 11.4 Å². The summed E-state index contributed by atoms with van der Waals surface area (Å²) in [6.07, 6.45) is 1.70. The lowest BCUT2D eigenvalue weighted by atomic mass is 10.0. The summed E-state index contributed by atoms with van der Waals surface area (Å²) in [5.41, 5.74) is 1.80. The fraction of sp³-hybridized carbons (Fsp3) is 0.217. The van der Waals surface area contributed by atoms with Gasteiger partial charge in [0.1, 0.15) is 0 Å². The average molecular weight is 500 g/mol. The number of nitrogens with zero attached hydrogens (tertiary/aromatic N) is 2. The second kappa shape index (κ2) is 8.99. The highest BCUT2D eigenvalue weighted by Crippen LogP contribution is 2.28. The number of amides is 2. The summed E-state index contributed by atoms with van der Waals surface area (Å²) in [5, 5.41) is 15.9. The molecule has 0 radical (unpaired) electrons. The van der Waals surface area contributed by atoms with E-state index in [1.165, 1.54) is 4.88 Å². The van der Waals surface area contributed by atoms with E-state index in [0.29, 0.717) is 29.9 Å². The molecular weight excluding hydrogens is 478 g/mol. The fourth-order valence-electron chi connectivity index (χ4n) is 3.82. The molecule has 1 aliphatic rings. The number of thiophene rings is 1. The molecule has 0 saturated carbocycles. The normalized spacial score (nSPS) is 13.3. The van der Waals surface area contributed by atoms with Crippen molar-refractivity contribution in [3.05, 3.63) is 85.1 Å². The number of nitrogens with one attached hydrogen (secondary N) is 1. The Morgan fingerprint density at radius 2 is 1.94 bits per heavy atom. The Labute approximate surface area is 200 Å². The first-order valence-corrected chi connectivity index (χ1v) is 13.1. The number of carbonyl (C=O) groups is 2. The molecule has 2 heterocycles. The maximum atomic E-state index is 13.2. The molecule has 11 heteroatoms. The monoisotopic (exact) mass is 499 g/mol. The third kappa shape index (κ3) is 4.70. The first kappa shape index (κ1) is 23.6. The minimum Gasteiger partial charge on any atom is -0.334 e. The molecule has 0 aliphatic carbocycles. The van der Waals surface area contributed by atoms with Gasteiger partial charge in [-0.05, 0) is 54.1 Å². The van der Waals surface area contributed by atoms with Crippen LogP contribution in [-0.2, 0) is 22.8 Å². The topological polar surface area (TPSA) is 127 Å². The van der Waals surface area contributed by atoms with Gasteiger partial charge in [-0.1, -0.05) is 6.07 Å². The minimum absolute atomic E-state index is 0.153. The number of nitro benzene ring substituents is 1. The van der Waals surface area contributed by atoms with E-state index in [9.17, 15) is 28.1 Å². The quantitative estimate of drug-likeness (QED) is 0.420. The number of sulfone groups is 1. The second-order valence-electron chi connectivity index (χ2n) is 8.02. The van der Waals surface area contributed by atoms with Crippen molar-refractivity contribution in [3.63, 3.8) is 0 Å². The van der Waals surface area contributed by atoms with E-state index in [2.05, 4.69) is 5.32 Å². The van der Waals surface area contributed by atoms with E-state index < -0.39 is 26.4 Å². The second-order valence-corrected chi connectivity index (χ2v) is 11.0. The van der Waals surface area contributed by atoms with Crippen molar-refractivity contribution < 1.29 is 22.9 Å². The van der Waals surface area contributed by atoms with Crippen molar-refractivity contribution >= 4 is 44.4 Å². The molecule has 1 aromatic heterocycles. The molecule has 176 valence electrons. The zero-order valence-electron chi connectivity index (χ0n) is 18.4. The third-order valence-corrected chi connectivity index (χ3v) is 7.81. The zero-order valence-corrected chi connectivity index (χ0v) is 20.0. The molecule has 9 nitrogen and oxygen atoms in total. The smallest absolute Gasteiger partial charge is 0.271 e. The molecule has 2 aromatic carbocycles. The van der Waals surface area contributed by atoms with E-state index in [1.54, 1.807) is 41.4 Å². The number of hydrogen-bond donors (Lipinski definition) is 1. The van der Waals surface area contributed by atoms with Crippen LogP contribution in [0.1, 0.15) is 36.7 Å². The van der Waals surface area contributed by atoms with E-state index in [4.69, 9.17) is 0 Å². The molecule has 4 rings (SSSR count). The van der Waals surface area contributed by atoms with Crippen LogP contribution in [0.4, 0.5) is 11.4 Å². The highest BCUT2D eigenvalue weighted by atomic mass is 32.2. The van der Waals surface area contributed by atoms with Crippen molar-refractivity contribution in [2.45, 2.75) is 24.8 Å². The molecule has 1 N–H and O–H groups in total. The Bertz CT molecular complexity index is 1430. The summed E-state index contributed by atoms with van der Waals surface area (Å²) >= 11 is 1.69. The SMILES string of the molecule is Cc1c(NC(=O)c2cc([N+](=O)[O-])cc(S(C)(=O)=O)c2)cccc1C(=O)N1CCc2sccc2C1. The van der Waals surface area contributed by atoms with Crippen molar-refractivity contribution in [1.29, 1.82) is 0 Å². The van der Waals surface area contributed by atoms with Crippen LogP contribution in [0.5, 0.6) is 0 Å². The molecule has 0 bridgehead atoms. The molecular formula is C23H21N3O6S2. The van der Waals surface area contributed by atoms with Crippen LogP contribution in [0.15, 0.2) is 52.7 Å². The van der Waals surface area contributed by atoms with Crippen molar-refractivity contribution in [2.24, 2.45) is 0 Å². The highest BCUT2D eigenvalue weighted by Gasteiger charge is 2.25. The summed E-state index contributed by atoms with van der Waals surface area (Å²) in [5.74, 6) is -0.873. The maximum Gasteiger partial charge on any atom is 0.271 e. The van der Waals surface area contributed by atoms with Gasteiger partial charge in [-0.15, -0.1) is 11.3 Å². The van der Waals surface area contributed by atoms with Crippen LogP contribution in [-0.4, -0.2) is 42.9 Å². The summed E-state index contributed by atoms with van der Waals surface area (Å²) in [7, 11) is -3.78. The zero-order chi connectivity index (χ0) is 24.6. The number of fused-ring (bicyclic) bond motifs is 1. The van der Waals surface area contributed by atoms with Crippen molar-refractivity contribution in [1.82, 2.24) is 4.90 Å². The largest absolute Gasteiger partial charge is 0.334 e. The van der Waals surface area contributed by atoms with Gasteiger partial charge in [0.05, 0.1) is 9.82 Å². The lowest BCUT2D eigenvalue weighted by Crippen LogP contribution is -2.35. The van der Waals surface area contributed by atoms with E-state index in [-0.39, 0.29) is 16.4 Å². The fourth-order valence-corrected chi connectivity index (χ4v) is 5.39. The molecule has 0 atom stereocenters. The number of non-ortho nitro benzene ring substituents is 1. The first-order valence-electron chi connectivity index (χ1n) is 10.3. The van der Waals surface area contributed by atoms with Gasteiger partial charge >= 0.3 is 0 Å². The molecule has 34 heavy (non-hydrogen) atoms. The summed E-state index contributed by atoms with van der Waals surface area (Å²) < 4.78 is 23.9. The standard InChI is InChI=1S/C23H21N3O6S2/c1-14-19(23(28)25-8-6-21-15(13-25)7-9-33-21)4-3-5-20(14)24-22(27)16-10-17(26(29)30)12-18(11-16)34(2,31)32/h3-5,7,9-12H,6,8,13H2,1-2H3,(H,24,27). The van der Waals surface area contributed by atoms with Crippen LogP contribution in [0.25, 0.3) is 0 Å². The van der Waals surface area contributed by atoms with Gasteiger partial charge in [-0.3, -0.25) is 19.7 Å². The molecule has 0 unspecified atom stereocenters.